The van der Waals surface area contributed by atoms with E-state index < -0.39 is 0 Å². The third-order valence-electron chi connectivity index (χ3n) is 5.72. The summed E-state index contributed by atoms with van der Waals surface area (Å²) in [6.07, 6.45) is 2.71. The molecule has 2 aromatic carbocycles. The summed E-state index contributed by atoms with van der Waals surface area (Å²) in [7, 11) is 2.11. The summed E-state index contributed by atoms with van der Waals surface area (Å²) >= 11 is 0. The highest BCUT2D eigenvalue weighted by Gasteiger charge is 2.49. The second kappa shape index (κ2) is 6.77. The van der Waals surface area contributed by atoms with Gasteiger partial charge in [0.1, 0.15) is 6.10 Å². The predicted octanol–water partition coefficient (Wildman–Crippen LogP) is 2.96. The van der Waals surface area contributed by atoms with Gasteiger partial charge >= 0.3 is 5.97 Å². The van der Waals surface area contributed by atoms with Gasteiger partial charge in [0.05, 0.1) is 5.41 Å². The second-order valence-corrected chi connectivity index (χ2v) is 7.60. The smallest absolute Gasteiger partial charge is 0.312 e. The van der Waals surface area contributed by atoms with Gasteiger partial charge in [-0.15, -0.1) is 0 Å². The van der Waals surface area contributed by atoms with Crippen molar-refractivity contribution in [3.05, 3.63) is 48.0 Å². The Morgan fingerprint density at radius 1 is 1.16 bits per heavy atom. The van der Waals surface area contributed by atoms with Crippen LogP contribution >= 0.6 is 0 Å². The van der Waals surface area contributed by atoms with Gasteiger partial charge in [0.15, 0.2) is 0 Å². The van der Waals surface area contributed by atoms with Gasteiger partial charge in [-0.3, -0.25) is 9.69 Å². The number of esters is 1. The molecular formula is C21H26N2O2. The Bertz CT molecular complexity index is 762. The zero-order valence-electron chi connectivity index (χ0n) is 14.8. The number of nitrogens with zero attached hydrogens (tertiary/aromatic N) is 1. The van der Waals surface area contributed by atoms with Crippen LogP contribution < -0.4 is 5.32 Å². The molecule has 0 amide bonds. The van der Waals surface area contributed by atoms with Gasteiger partial charge < -0.3 is 10.1 Å². The fraction of sp³-hybridized carbons (Fsp3) is 0.476. The van der Waals surface area contributed by atoms with Crippen LogP contribution in [0.5, 0.6) is 0 Å². The molecular weight excluding hydrogens is 312 g/mol. The maximum atomic E-state index is 12.4. The normalized spacial score (nSPS) is 22.6. The van der Waals surface area contributed by atoms with E-state index in [-0.39, 0.29) is 17.5 Å². The van der Waals surface area contributed by atoms with E-state index in [1.165, 1.54) is 16.3 Å². The van der Waals surface area contributed by atoms with Crippen LogP contribution in [0.1, 0.15) is 24.8 Å². The minimum absolute atomic E-state index is 0.0191. The second-order valence-electron chi connectivity index (χ2n) is 7.60. The van der Waals surface area contributed by atoms with E-state index in [9.17, 15) is 4.79 Å². The first-order valence-corrected chi connectivity index (χ1v) is 9.23. The van der Waals surface area contributed by atoms with Crippen LogP contribution in [-0.2, 0) is 16.1 Å². The van der Waals surface area contributed by atoms with E-state index in [2.05, 4.69) is 59.7 Å². The molecule has 2 aliphatic heterocycles. The van der Waals surface area contributed by atoms with Gasteiger partial charge in [-0.25, -0.2) is 0 Å². The van der Waals surface area contributed by atoms with Crippen molar-refractivity contribution in [2.75, 3.05) is 26.7 Å². The van der Waals surface area contributed by atoms with Crippen molar-refractivity contribution >= 4 is 16.7 Å². The molecule has 2 fully saturated rings. The third kappa shape index (κ3) is 3.29. The van der Waals surface area contributed by atoms with Crippen LogP contribution in [0.15, 0.2) is 42.5 Å². The van der Waals surface area contributed by atoms with Gasteiger partial charge in [-0.2, -0.15) is 0 Å². The standard InChI is InChI=1S/C21H26N2O2/c1-23(14-17-7-4-6-16-5-2-3-8-19(16)17)15-18-13-21(20(24)25-18)9-11-22-12-10-21/h2-8,18,22H,9-15H2,1H3. The van der Waals surface area contributed by atoms with E-state index in [4.69, 9.17) is 4.74 Å². The van der Waals surface area contributed by atoms with E-state index in [1.54, 1.807) is 0 Å². The summed E-state index contributed by atoms with van der Waals surface area (Å²) in [4.78, 5) is 14.7. The molecule has 0 radical (unpaired) electrons. The first-order chi connectivity index (χ1) is 12.2. The number of rotatable bonds is 4. The molecule has 2 aliphatic rings. The molecule has 0 saturated carbocycles. The number of cyclic esters (lactones) is 1. The van der Waals surface area contributed by atoms with Crippen LogP contribution in [0, 0.1) is 5.41 Å². The molecule has 1 spiro atoms. The highest BCUT2D eigenvalue weighted by Crippen LogP contribution is 2.41. The molecule has 1 unspecified atom stereocenters. The average Bonchev–Trinajstić information content (AvgIpc) is 2.90. The van der Waals surface area contributed by atoms with Crippen molar-refractivity contribution in [2.45, 2.75) is 31.9 Å². The van der Waals surface area contributed by atoms with Crippen LogP contribution in [-0.4, -0.2) is 43.7 Å². The van der Waals surface area contributed by atoms with E-state index in [1.807, 2.05) is 0 Å². The number of ether oxygens (including phenoxy) is 1. The highest BCUT2D eigenvalue weighted by atomic mass is 16.6. The number of likely N-dealkylation sites (N-methyl/N-ethyl adjacent to an activating group) is 1. The zero-order valence-corrected chi connectivity index (χ0v) is 14.8. The van der Waals surface area contributed by atoms with Crippen molar-refractivity contribution in [3.63, 3.8) is 0 Å². The van der Waals surface area contributed by atoms with Crippen molar-refractivity contribution in [1.82, 2.24) is 10.2 Å². The summed E-state index contributed by atoms with van der Waals surface area (Å²) in [6.45, 7) is 3.51. The maximum absolute atomic E-state index is 12.4. The average molecular weight is 338 g/mol. The molecule has 0 aliphatic carbocycles. The minimum atomic E-state index is -0.226. The summed E-state index contributed by atoms with van der Waals surface area (Å²) in [6, 6.07) is 15.0. The first-order valence-electron chi connectivity index (χ1n) is 9.23. The van der Waals surface area contributed by atoms with Gasteiger partial charge in [0, 0.05) is 19.5 Å². The topological polar surface area (TPSA) is 41.6 Å². The van der Waals surface area contributed by atoms with Crippen LogP contribution in [0.3, 0.4) is 0 Å². The zero-order chi connectivity index (χ0) is 17.3. The van der Waals surface area contributed by atoms with Crippen molar-refractivity contribution in [3.8, 4) is 0 Å². The van der Waals surface area contributed by atoms with Gasteiger partial charge in [-0.1, -0.05) is 42.5 Å². The molecule has 4 heteroatoms. The fourth-order valence-electron chi connectivity index (χ4n) is 4.39. The van der Waals surface area contributed by atoms with Crippen molar-refractivity contribution in [2.24, 2.45) is 5.41 Å². The summed E-state index contributed by atoms with van der Waals surface area (Å²) in [5, 5.41) is 5.92. The number of piperidine rings is 1. The lowest BCUT2D eigenvalue weighted by Crippen LogP contribution is -2.39. The Morgan fingerprint density at radius 3 is 2.76 bits per heavy atom. The minimum Gasteiger partial charge on any atom is -0.461 e. The van der Waals surface area contributed by atoms with Gasteiger partial charge in [0.25, 0.3) is 0 Å². The number of benzene rings is 2. The summed E-state index contributed by atoms with van der Waals surface area (Å²) in [5.41, 5.74) is 1.09. The number of nitrogens with one attached hydrogen (secondary N) is 1. The number of fused-ring (bicyclic) bond motifs is 1. The van der Waals surface area contributed by atoms with Gasteiger partial charge in [-0.05, 0) is 49.3 Å². The Labute approximate surface area is 149 Å². The van der Waals surface area contributed by atoms with Gasteiger partial charge in [0.2, 0.25) is 0 Å². The van der Waals surface area contributed by atoms with Crippen molar-refractivity contribution in [1.29, 1.82) is 0 Å². The molecule has 0 bridgehead atoms. The Balaban J connectivity index is 1.42. The van der Waals surface area contributed by atoms with E-state index >= 15 is 0 Å². The fourth-order valence-corrected chi connectivity index (χ4v) is 4.39. The molecule has 2 heterocycles. The Hall–Kier alpha value is -1.91. The van der Waals surface area contributed by atoms with Crippen molar-refractivity contribution < 1.29 is 9.53 Å². The Morgan fingerprint density at radius 2 is 1.92 bits per heavy atom. The van der Waals surface area contributed by atoms with Crippen LogP contribution in [0.25, 0.3) is 10.8 Å². The van der Waals surface area contributed by atoms with E-state index in [0.717, 1.165) is 45.4 Å². The number of hydrogen-bond donors (Lipinski definition) is 1. The lowest BCUT2D eigenvalue weighted by atomic mass is 9.76. The molecule has 2 aromatic rings. The first kappa shape index (κ1) is 16.6. The Kier molecular flexibility index (Phi) is 4.48. The molecule has 2 saturated heterocycles. The quantitative estimate of drug-likeness (QED) is 0.871. The molecule has 25 heavy (non-hydrogen) atoms. The lowest BCUT2D eigenvalue weighted by molar-refractivity contribution is -0.150. The number of carbonyl (C=O) groups is 1. The van der Waals surface area contributed by atoms with Crippen LogP contribution in [0.2, 0.25) is 0 Å². The van der Waals surface area contributed by atoms with E-state index in [0.29, 0.717) is 0 Å². The molecule has 4 nitrogen and oxygen atoms in total. The number of carbonyl (C=O) groups excluding carboxylic acids is 1. The predicted molar refractivity (Wildman–Crippen MR) is 99.3 cm³/mol. The summed E-state index contributed by atoms with van der Waals surface area (Å²) < 4.78 is 5.74. The molecule has 1 atom stereocenters. The SMILES string of the molecule is CN(Cc1cccc2ccccc12)CC1CC2(CCNCC2)C(=O)O1. The molecule has 0 aromatic heterocycles. The largest absolute Gasteiger partial charge is 0.461 e. The molecule has 1 N–H and O–H groups in total. The number of hydrogen-bond acceptors (Lipinski definition) is 4. The maximum Gasteiger partial charge on any atom is 0.312 e. The monoisotopic (exact) mass is 338 g/mol. The highest BCUT2D eigenvalue weighted by molar-refractivity contribution is 5.85. The molecule has 132 valence electrons. The van der Waals surface area contributed by atoms with Crippen LogP contribution in [0.4, 0.5) is 0 Å². The summed E-state index contributed by atoms with van der Waals surface area (Å²) in [5.74, 6) is 0.0255. The molecule has 4 rings (SSSR count). The third-order valence-corrected chi connectivity index (χ3v) is 5.72. The lowest BCUT2D eigenvalue weighted by Gasteiger charge is -2.29.